The van der Waals surface area contributed by atoms with Crippen LogP contribution in [0.3, 0.4) is 0 Å². The Balaban J connectivity index is 2.05. The lowest BCUT2D eigenvalue weighted by Gasteiger charge is -2.07. The molecule has 0 fully saturated rings. The van der Waals surface area contributed by atoms with Gasteiger partial charge in [0.1, 0.15) is 0 Å². The molecule has 0 bridgehead atoms. The molecule has 8 heteroatoms. The fourth-order valence-electron chi connectivity index (χ4n) is 1.24. The average Bonchev–Trinajstić information content (AvgIpc) is 2.47. The van der Waals surface area contributed by atoms with Gasteiger partial charge in [0.15, 0.2) is 0 Å². The highest BCUT2D eigenvalue weighted by atomic mass is 32.2. The molecule has 1 amide bonds. The number of carbonyl (C=O) groups is 1. The van der Waals surface area contributed by atoms with Gasteiger partial charge in [-0.25, -0.2) is 18.4 Å². The van der Waals surface area contributed by atoms with Crippen LogP contribution in [0.25, 0.3) is 0 Å². The highest BCUT2D eigenvalue weighted by molar-refractivity contribution is 7.89. The molecule has 0 saturated heterocycles. The molecule has 0 saturated carbocycles. The van der Waals surface area contributed by atoms with Gasteiger partial charge >= 0.3 is 5.91 Å². The lowest BCUT2D eigenvalue weighted by atomic mass is 10.4. The topological polar surface area (TPSA) is 101 Å². The van der Waals surface area contributed by atoms with Crippen LogP contribution in [0, 0.1) is 0 Å². The highest BCUT2D eigenvalue weighted by Crippen LogP contribution is 2.05. The van der Waals surface area contributed by atoms with Gasteiger partial charge in [0.2, 0.25) is 5.82 Å². The molecular formula is C11H10N4O3S. The second-order valence-corrected chi connectivity index (χ2v) is 5.13. The van der Waals surface area contributed by atoms with E-state index in [4.69, 9.17) is 0 Å². The van der Waals surface area contributed by atoms with Crippen LogP contribution in [0.2, 0.25) is 0 Å². The van der Waals surface area contributed by atoms with E-state index < -0.39 is 15.9 Å². The predicted octanol–water partition coefficient (Wildman–Crippen LogP) is 0.0999. The van der Waals surface area contributed by atoms with Gasteiger partial charge in [0.25, 0.3) is 10.0 Å². The van der Waals surface area contributed by atoms with Crippen LogP contribution >= 0.6 is 0 Å². The van der Waals surface area contributed by atoms with Crippen LogP contribution in [-0.2, 0) is 10.0 Å². The number of nitrogens with one attached hydrogen (secondary N) is 2. The fourth-order valence-corrected chi connectivity index (χ4v) is 2.10. The van der Waals surface area contributed by atoms with Gasteiger partial charge in [-0.2, -0.15) is 0 Å². The zero-order chi connectivity index (χ0) is 13.7. The third kappa shape index (κ3) is 3.33. The molecule has 19 heavy (non-hydrogen) atoms. The number of hydrogen-bond acceptors (Lipinski definition) is 5. The number of amides is 1. The maximum absolute atomic E-state index is 11.8. The van der Waals surface area contributed by atoms with E-state index in [1.807, 2.05) is 10.3 Å². The smallest absolute Gasteiger partial charge is 0.271 e. The Morgan fingerprint density at radius 3 is 2.26 bits per heavy atom. The summed E-state index contributed by atoms with van der Waals surface area (Å²) in [5.41, 5.74) is 2.04. The summed E-state index contributed by atoms with van der Waals surface area (Å²) < 4.78 is 23.6. The maximum atomic E-state index is 11.8. The number of carbonyl (C=O) groups excluding carboxylic acids is 1. The second kappa shape index (κ2) is 5.55. The molecule has 0 unspecified atom stereocenters. The Kier molecular flexibility index (Phi) is 3.83. The molecule has 0 atom stereocenters. The molecule has 1 aromatic carbocycles. The fraction of sp³-hybridized carbons (Fsp3) is 0. The molecule has 7 nitrogen and oxygen atoms in total. The van der Waals surface area contributed by atoms with E-state index in [-0.39, 0.29) is 10.7 Å². The van der Waals surface area contributed by atoms with Gasteiger partial charge in [-0.05, 0) is 18.2 Å². The van der Waals surface area contributed by atoms with Crippen molar-refractivity contribution < 1.29 is 13.2 Å². The molecule has 1 heterocycles. The van der Waals surface area contributed by atoms with Gasteiger partial charge in [-0.1, -0.05) is 18.2 Å². The van der Waals surface area contributed by atoms with Crippen LogP contribution in [0.5, 0.6) is 0 Å². The number of benzene rings is 1. The summed E-state index contributed by atoms with van der Waals surface area (Å²) in [5, 5.41) is 0. The van der Waals surface area contributed by atoms with Crippen molar-refractivity contribution in [2.75, 3.05) is 0 Å². The minimum absolute atomic E-state index is 0.0456. The summed E-state index contributed by atoms with van der Waals surface area (Å²) in [4.78, 5) is 21.0. The van der Waals surface area contributed by atoms with Crippen molar-refractivity contribution in [1.82, 2.24) is 20.2 Å². The van der Waals surface area contributed by atoms with Gasteiger partial charge in [-0.3, -0.25) is 10.2 Å². The molecule has 0 spiro atoms. The van der Waals surface area contributed by atoms with Crippen molar-refractivity contribution >= 4 is 15.9 Å². The molecule has 0 aliphatic carbocycles. The van der Waals surface area contributed by atoms with Crippen LogP contribution in [0.15, 0.2) is 53.7 Å². The molecule has 2 aromatic rings. The predicted molar refractivity (Wildman–Crippen MR) is 66.3 cm³/mol. The monoisotopic (exact) mass is 278 g/mol. The third-order valence-corrected chi connectivity index (χ3v) is 3.38. The number of aromatic nitrogens is 2. The first-order valence-electron chi connectivity index (χ1n) is 5.24. The molecular weight excluding hydrogens is 268 g/mol. The SMILES string of the molecule is O=C(NNS(=O)(=O)c1ccccc1)c1ncccn1. The Morgan fingerprint density at radius 2 is 1.63 bits per heavy atom. The van der Waals surface area contributed by atoms with E-state index in [2.05, 4.69) is 9.97 Å². The van der Waals surface area contributed by atoms with Crippen LogP contribution in [-0.4, -0.2) is 24.3 Å². The van der Waals surface area contributed by atoms with E-state index in [9.17, 15) is 13.2 Å². The molecule has 0 aliphatic heterocycles. The van der Waals surface area contributed by atoms with Gasteiger partial charge in [-0.15, -0.1) is 4.83 Å². The number of rotatable bonds is 4. The number of sulfonamides is 1. The van der Waals surface area contributed by atoms with Crippen LogP contribution < -0.4 is 10.3 Å². The first-order valence-corrected chi connectivity index (χ1v) is 6.72. The van der Waals surface area contributed by atoms with Crippen LogP contribution in [0.1, 0.15) is 10.6 Å². The Labute approximate surface area is 109 Å². The quantitative estimate of drug-likeness (QED) is 0.772. The normalized spacial score (nSPS) is 10.9. The van der Waals surface area contributed by atoms with Crippen LogP contribution in [0.4, 0.5) is 0 Å². The lowest BCUT2D eigenvalue weighted by Crippen LogP contribution is -2.42. The van der Waals surface area contributed by atoms with Crippen molar-refractivity contribution in [2.24, 2.45) is 0 Å². The zero-order valence-corrected chi connectivity index (χ0v) is 10.5. The molecule has 0 radical (unpaired) electrons. The average molecular weight is 278 g/mol. The van der Waals surface area contributed by atoms with Gasteiger partial charge < -0.3 is 0 Å². The lowest BCUT2D eigenvalue weighted by molar-refractivity contribution is 0.0934. The number of nitrogens with zero attached hydrogens (tertiary/aromatic N) is 2. The molecule has 98 valence electrons. The van der Waals surface area contributed by atoms with E-state index in [0.29, 0.717) is 0 Å². The summed E-state index contributed by atoms with van der Waals surface area (Å²) >= 11 is 0. The van der Waals surface area contributed by atoms with E-state index in [1.54, 1.807) is 24.3 Å². The minimum atomic E-state index is -3.80. The van der Waals surface area contributed by atoms with E-state index in [0.717, 1.165) is 0 Å². The highest BCUT2D eigenvalue weighted by Gasteiger charge is 2.15. The van der Waals surface area contributed by atoms with E-state index in [1.165, 1.54) is 24.5 Å². The summed E-state index contributed by atoms with van der Waals surface area (Å²) in [7, 11) is -3.80. The standard InChI is InChI=1S/C11H10N4O3S/c16-11(10-12-7-4-8-13-10)14-15-19(17,18)9-5-2-1-3-6-9/h1-8,15H,(H,14,16). The Morgan fingerprint density at radius 1 is 1.00 bits per heavy atom. The van der Waals surface area contributed by atoms with Crippen molar-refractivity contribution in [3.05, 3.63) is 54.6 Å². The summed E-state index contributed by atoms with van der Waals surface area (Å²) in [5.74, 6) is -0.863. The summed E-state index contributed by atoms with van der Waals surface area (Å²) in [6.07, 6.45) is 2.77. The number of hydrazine groups is 1. The molecule has 2 N–H and O–H groups in total. The van der Waals surface area contributed by atoms with Gasteiger partial charge in [0.05, 0.1) is 4.90 Å². The van der Waals surface area contributed by atoms with Crippen molar-refractivity contribution in [3.8, 4) is 0 Å². The van der Waals surface area contributed by atoms with Gasteiger partial charge in [0, 0.05) is 12.4 Å². The minimum Gasteiger partial charge on any atom is -0.271 e. The van der Waals surface area contributed by atoms with Crippen molar-refractivity contribution in [1.29, 1.82) is 0 Å². The maximum Gasteiger partial charge on any atom is 0.304 e. The first kappa shape index (κ1) is 13.1. The summed E-state index contributed by atoms with van der Waals surface area (Å²) in [6.45, 7) is 0. The second-order valence-electron chi connectivity index (χ2n) is 3.45. The largest absolute Gasteiger partial charge is 0.304 e. The summed E-state index contributed by atoms with van der Waals surface area (Å²) in [6, 6.07) is 9.22. The first-order chi connectivity index (χ1) is 9.09. The zero-order valence-electron chi connectivity index (χ0n) is 9.65. The van der Waals surface area contributed by atoms with E-state index >= 15 is 0 Å². The number of hydrogen-bond donors (Lipinski definition) is 2. The Bertz CT molecular complexity index is 659. The van der Waals surface area contributed by atoms with Crippen molar-refractivity contribution in [3.63, 3.8) is 0 Å². The molecule has 2 rings (SSSR count). The Hall–Kier alpha value is -2.32. The molecule has 0 aliphatic rings. The molecule has 1 aromatic heterocycles. The third-order valence-electron chi connectivity index (χ3n) is 2.12. The van der Waals surface area contributed by atoms with Crippen molar-refractivity contribution in [2.45, 2.75) is 4.90 Å².